The molecule has 170 valence electrons. The van der Waals surface area contributed by atoms with Crippen LogP contribution in [0.15, 0.2) is 12.2 Å². The lowest BCUT2D eigenvalue weighted by molar-refractivity contribution is -0.149. The van der Waals surface area contributed by atoms with Gasteiger partial charge in [0.05, 0.1) is 18.3 Å². The Morgan fingerprint density at radius 1 is 1.00 bits per heavy atom. The Labute approximate surface area is 182 Å². The molecule has 1 fully saturated rings. The molecule has 6 heteroatoms. The van der Waals surface area contributed by atoms with Crippen molar-refractivity contribution in [2.24, 2.45) is 5.92 Å². The average Bonchev–Trinajstić information content (AvgIpc) is 2.54. The van der Waals surface area contributed by atoms with Crippen molar-refractivity contribution in [1.82, 2.24) is 0 Å². The number of hydrogen-bond donors (Lipinski definition) is 0. The SMILES string of the molecule is C/C=C/[C@@H]1O[C@H]([C@@H](C=O)O[Si](C)(C)C(C)(C)C)C[C@@H](O[Si](C)(C)C(C)(C)C)[C@@H]1C. The summed E-state index contributed by atoms with van der Waals surface area (Å²) >= 11 is 0. The topological polar surface area (TPSA) is 44.8 Å². The molecule has 1 rings (SSSR count). The van der Waals surface area contributed by atoms with E-state index in [9.17, 15) is 4.79 Å². The molecule has 4 nitrogen and oxygen atoms in total. The Morgan fingerprint density at radius 3 is 1.93 bits per heavy atom. The van der Waals surface area contributed by atoms with Crippen molar-refractivity contribution < 1.29 is 18.4 Å². The molecule has 1 heterocycles. The van der Waals surface area contributed by atoms with Crippen molar-refractivity contribution in [1.29, 1.82) is 0 Å². The van der Waals surface area contributed by atoms with Gasteiger partial charge in [-0.3, -0.25) is 0 Å². The molecule has 0 radical (unpaired) electrons. The van der Waals surface area contributed by atoms with Gasteiger partial charge in [0.1, 0.15) is 12.4 Å². The van der Waals surface area contributed by atoms with Crippen LogP contribution in [-0.4, -0.2) is 47.3 Å². The van der Waals surface area contributed by atoms with Gasteiger partial charge in [0.25, 0.3) is 0 Å². The van der Waals surface area contributed by atoms with Crippen molar-refractivity contribution in [3.05, 3.63) is 12.2 Å². The Kier molecular flexibility index (Phi) is 8.74. The van der Waals surface area contributed by atoms with Crippen LogP contribution in [0.4, 0.5) is 0 Å². The maximum atomic E-state index is 12.1. The fourth-order valence-electron chi connectivity index (χ4n) is 3.08. The number of carbonyl (C=O) groups excluding carboxylic acids is 1. The summed E-state index contributed by atoms with van der Waals surface area (Å²) in [6.45, 7) is 26.5. The lowest BCUT2D eigenvalue weighted by atomic mass is 9.88. The van der Waals surface area contributed by atoms with Crippen LogP contribution in [0.25, 0.3) is 0 Å². The van der Waals surface area contributed by atoms with Crippen LogP contribution in [0, 0.1) is 5.92 Å². The van der Waals surface area contributed by atoms with E-state index in [0.717, 1.165) is 6.29 Å². The normalized spacial score (nSPS) is 28.6. The molecule has 0 unspecified atom stereocenters. The molecule has 5 atom stereocenters. The fraction of sp³-hybridized carbons (Fsp3) is 0.870. The third kappa shape index (κ3) is 6.60. The molecular formula is C23H46O4Si2. The highest BCUT2D eigenvalue weighted by Gasteiger charge is 2.47. The highest BCUT2D eigenvalue weighted by Crippen LogP contribution is 2.42. The molecule has 0 aromatic carbocycles. The number of rotatable bonds is 7. The van der Waals surface area contributed by atoms with E-state index in [0.29, 0.717) is 6.42 Å². The molecule has 0 N–H and O–H groups in total. The van der Waals surface area contributed by atoms with Crippen molar-refractivity contribution in [2.45, 2.75) is 122 Å². The van der Waals surface area contributed by atoms with E-state index >= 15 is 0 Å². The van der Waals surface area contributed by atoms with Gasteiger partial charge in [-0.05, 0) is 43.2 Å². The molecule has 0 spiro atoms. The van der Waals surface area contributed by atoms with Gasteiger partial charge in [-0.25, -0.2) is 0 Å². The molecule has 1 saturated heterocycles. The van der Waals surface area contributed by atoms with Crippen LogP contribution >= 0.6 is 0 Å². The van der Waals surface area contributed by atoms with Gasteiger partial charge in [0.15, 0.2) is 16.6 Å². The molecule has 0 aromatic heterocycles. The predicted octanol–water partition coefficient (Wildman–Crippen LogP) is 6.34. The van der Waals surface area contributed by atoms with Gasteiger partial charge in [-0.1, -0.05) is 60.6 Å². The maximum Gasteiger partial charge on any atom is 0.193 e. The molecule has 0 bridgehead atoms. The van der Waals surface area contributed by atoms with Gasteiger partial charge >= 0.3 is 0 Å². The van der Waals surface area contributed by atoms with Crippen molar-refractivity contribution >= 4 is 22.9 Å². The zero-order valence-corrected chi connectivity index (χ0v) is 23.0. The van der Waals surface area contributed by atoms with E-state index in [1.165, 1.54) is 0 Å². The molecule has 1 aliphatic rings. The van der Waals surface area contributed by atoms with E-state index < -0.39 is 22.7 Å². The maximum absolute atomic E-state index is 12.1. The predicted molar refractivity (Wildman–Crippen MR) is 127 cm³/mol. The molecular weight excluding hydrogens is 396 g/mol. The first-order valence-electron chi connectivity index (χ1n) is 11.1. The van der Waals surface area contributed by atoms with Crippen LogP contribution < -0.4 is 0 Å². The summed E-state index contributed by atoms with van der Waals surface area (Å²) in [5.74, 6) is 0.233. The van der Waals surface area contributed by atoms with Gasteiger partial charge in [-0.2, -0.15) is 0 Å². The van der Waals surface area contributed by atoms with Crippen LogP contribution in [0.5, 0.6) is 0 Å². The minimum absolute atomic E-state index is 0.0377. The second kappa shape index (κ2) is 9.47. The summed E-state index contributed by atoms with van der Waals surface area (Å²) in [6.07, 6.45) is 4.90. The number of carbonyl (C=O) groups is 1. The van der Waals surface area contributed by atoms with Crippen molar-refractivity contribution in [3.63, 3.8) is 0 Å². The second-order valence-electron chi connectivity index (χ2n) is 11.7. The number of aldehydes is 1. The van der Waals surface area contributed by atoms with Gasteiger partial charge in [-0.15, -0.1) is 0 Å². The van der Waals surface area contributed by atoms with E-state index in [2.05, 4.69) is 80.7 Å². The molecule has 0 aromatic rings. The number of hydrogen-bond acceptors (Lipinski definition) is 4. The lowest BCUT2D eigenvalue weighted by Gasteiger charge is -2.47. The summed E-state index contributed by atoms with van der Waals surface area (Å²) in [7, 11) is -4.03. The smallest absolute Gasteiger partial charge is 0.193 e. The van der Waals surface area contributed by atoms with Gasteiger partial charge in [0, 0.05) is 12.3 Å². The highest BCUT2D eigenvalue weighted by atomic mass is 28.4. The average molecular weight is 443 g/mol. The molecule has 0 amide bonds. The standard InChI is InChI=1S/C23H46O4Si2/c1-13-14-18-17(2)19(26-28(9,10)22(3,4)5)15-20(25-18)21(16-24)27-29(11,12)23(6,7)8/h13-14,16-21H,15H2,1-12H3/b14-13+/t17-,18+,19-,20+,21-/m1/s1. The van der Waals surface area contributed by atoms with Crippen LogP contribution in [0.3, 0.4) is 0 Å². The summed E-state index contributed by atoms with van der Waals surface area (Å²) in [6, 6.07) is 0. The molecule has 0 saturated carbocycles. The fourth-order valence-corrected chi connectivity index (χ4v) is 5.74. The summed E-state index contributed by atoms with van der Waals surface area (Å²) in [5.41, 5.74) is 0. The number of allylic oxidation sites excluding steroid dienone is 1. The van der Waals surface area contributed by atoms with Crippen LogP contribution in [-0.2, 0) is 18.4 Å². The Morgan fingerprint density at radius 2 is 1.52 bits per heavy atom. The first-order valence-corrected chi connectivity index (χ1v) is 16.9. The summed E-state index contributed by atoms with van der Waals surface area (Å²) < 4.78 is 19.7. The summed E-state index contributed by atoms with van der Waals surface area (Å²) in [5, 5.41) is 0.175. The Hall–Kier alpha value is -0.276. The Bertz CT molecular complexity index is 572. The van der Waals surface area contributed by atoms with E-state index in [1.54, 1.807) is 0 Å². The first kappa shape index (κ1) is 26.8. The zero-order valence-electron chi connectivity index (χ0n) is 21.0. The lowest BCUT2D eigenvalue weighted by Crippen LogP contribution is -2.55. The molecule has 1 aliphatic heterocycles. The minimum Gasteiger partial charge on any atom is -0.413 e. The van der Waals surface area contributed by atoms with E-state index in [-0.39, 0.29) is 34.3 Å². The van der Waals surface area contributed by atoms with Crippen LogP contribution in [0.2, 0.25) is 36.3 Å². The van der Waals surface area contributed by atoms with Crippen molar-refractivity contribution in [2.75, 3.05) is 0 Å². The second-order valence-corrected chi connectivity index (χ2v) is 21.2. The van der Waals surface area contributed by atoms with Crippen LogP contribution in [0.1, 0.15) is 61.8 Å². The van der Waals surface area contributed by atoms with E-state index in [4.69, 9.17) is 13.6 Å². The monoisotopic (exact) mass is 442 g/mol. The first-order chi connectivity index (χ1) is 13.0. The molecule has 0 aliphatic carbocycles. The third-order valence-corrected chi connectivity index (χ3v) is 16.3. The third-order valence-electron chi connectivity index (χ3n) is 7.27. The Balaban J connectivity index is 3.15. The van der Waals surface area contributed by atoms with E-state index in [1.807, 2.05) is 13.0 Å². The van der Waals surface area contributed by atoms with Crippen molar-refractivity contribution in [3.8, 4) is 0 Å². The van der Waals surface area contributed by atoms with Gasteiger partial charge in [0.2, 0.25) is 0 Å². The zero-order chi connectivity index (χ0) is 22.8. The highest BCUT2D eigenvalue weighted by molar-refractivity contribution is 6.74. The minimum atomic E-state index is -2.09. The van der Waals surface area contributed by atoms with Gasteiger partial charge < -0.3 is 18.4 Å². The quantitative estimate of drug-likeness (QED) is 0.262. The largest absolute Gasteiger partial charge is 0.413 e. The number of ether oxygens (including phenoxy) is 1. The summed E-state index contributed by atoms with van der Waals surface area (Å²) in [4.78, 5) is 12.1. The molecule has 29 heavy (non-hydrogen) atoms.